The van der Waals surface area contributed by atoms with E-state index in [1.165, 1.54) is 0 Å². The monoisotopic (exact) mass is 304 g/mol. The molecular weight excluding hydrogens is 288 g/mol. The fourth-order valence-corrected chi connectivity index (χ4v) is 2.03. The van der Waals surface area contributed by atoms with Gasteiger partial charge in [0.2, 0.25) is 0 Å². The number of aryl methyl sites for hydroxylation is 3. The van der Waals surface area contributed by atoms with Gasteiger partial charge in [0.15, 0.2) is 6.61 Å². The minimum Gasteiger partial charge on any atom is -0.484 e. The first-order chi connectivity index (χ1) is 9.95. The topological polar surface area (TPSA) is 51.2 Å². The quantitative estimate of drug-likeness (QED) is 0.937. The zero-order valence-electron chi connectivity index (χ0n) is 12.2. The van der Waals surface area contributed by atoms with Crippen LogP contribution in [0.3, 0.4) is 0 Å². The van der Waals surface area contributed by atoms with Crippen LogP contribution in [0.5, 0.6) is 5.75 Å². The molecule has 1 aromatic carbocycles. The molecule has 0 saturated heterocycles. The minimum absolute atomic E-state index is 0.0733. The number of ether oxygens (including phenoxy) is 1. The molecule has 0 aliphatic rings. The van der Waals surface area contributed by atoms with E-state index in [-0.39, 0.29) is 12.5 Å². The van der Waals surface area contributed by atoms with Crippen molar-refractivity contribution in [3.63, 3.8) is 0 Å². The molecule has 1 heterocycles. The lowest BCUT2D eigenvalue weighted by Gasteiger charge is -2.10. The molecule has 110 valence electrons. The molecular formula is C16H17ClN2O2. The molecule has 0 atom stereocenters. The largest absolute Gasteiger partial charge is 0.484 e. The third-order valence-corrected chi connectivity index (χ3v) is 3.56. The summed E-state index contributed by atoms with van der Waals surface area (Å²) in [7, 11) is 0. The van der Waals surface area contributed by atoms with Gasteiger partial charge in [-0.1, -0.05) is 11.6 Å². The lowest BCUT2D eigenvalue weighted by atomic mass is 10.1. The second kappa shape index (κ2) is 6.59. The maximum absolute atomic E-state index is 11.8. The standard InChI is InChI=1S/C16H17ClN2O2/c1-10-4-5-18-14(6-10)19-15(20)9-21-13-7-11(2)16(17)12(3)8-13/h4-8H,9H2,1-3H3,(H,18,19,20). The van der Waals surface area contributed by atoms with Crippen molar-refractivity contribution in [2.75, 3.05) is 11.9 Å². The van der Waals surface area contributed by atoms with Gasteiger partial charge in [0.1, 0.15) is 11.6 Å². The Bertz CT molecular complexity index is 648. The van der Waals surface area contributed by atoms with E-state index in [0.29, 0.717) is 11.6 Å². The number of pyridine rings is 1. The van der Waals surface area contributed by atoms with Crippen LogP contribution in [0.2, 0.25) is 5.02 Å². The Morgan fingerprint density at radius 2 is 1.90 bits per heavy atom. The maximum Gasteiger partial charge on any atom is 0.263 e. The number of halogens is 1. The van der Waals surface area contributed by atoms with E-state index in [1.54, 1.807) is 12.3 Å². The van der Waals surface area contributed by atoms with Gasteiger partial charge >= 0.3 is 0 Å². The van der Waals surface area contributed by atoms with Crippen LogP contribution in [-0.4, -0.2) is 17.5 Å². The second-order valence-corrected chi connectivity index (χ2v) is 5.30. The summed E-state index contributed by atoms with van der Waals surface area (Å²) in [5, 5.41) is 3.41. The molecule has 0 aliphatic carbocycles. The minimum atomic E-state index is -0.252. The summed E-state index contributed by atoms with van der Waals surface area (Å²) in [4.78, 5) is 15.9. The zero-order chi connectivity index (χ0) is 15.4. The van der Waals surface area contributed by atoms with Gasteiger partial charge in [-0.05, 0) is 61.7 Å². The average Bonchev–Trinajstić information content (AvgIpc) is 2.42. The number of benzene rings is 1. The zero-order valence-corrected chi connectivity index (χ0v) is 13.0. The van der Waals surface area contributed by atoms with E-state index in [0.717, 1.165) is 21.7 Å². The Kier molecular flexibility index (Phi) is 4.81. The van der Waals surface area contributed by atoms with E-state index in [4.69, 9.17) is 16.3 Å². The molecule has 5 heteroatoms. The van der Waals surface area contributed by atoms with Gasteiger partial charge in [-0.2, -0.15) is 0 Å². The van der Waals surface area contributed by atoms with Crippen LogP contribution in [0, 0.1) is 20.8 Å². The SMILES string of the molecule is Cc1ccnc(NC(=O)COc2cc(C)c(Cl)c(C)c2)c1. The summed E-state index contributed by atoms with van der Waals surface area (Å²) in [5.74, 6) is 0.896. The van der Waals surface area contributed by atoms with E-state index >= 15 is 0 Å². The Morgan fingerprint density at radius 3 is 2.52 bits per heavy atom. The number of carbonyl (C=O) groups is 1. The highest BCUT2D eigenvalue weighted by molar-refractivity contribution is 6.32. The van der Waals surface area contributed by atoms with Crippen LogP contribution in [0.1, 0.15) is 16.7 Å². The van der Waals surface area contributed by atoms with Crippen molar-refractivity contribution < 1.29 is 9.53 Å². The van der Waals surface area contributed by atoms with Crippen molar-refractivity contribution in [1.82, 2.24) is 4.98 Å². The highest BCUT2D eigenvalue weighted by Gasteiger charge is 2.07. The lowest BCUT2D eigenvalue weighted by molar-refractivity contribution is -0.118. The molecule has 0 bridgehead atoms. The summed E-state index contributed by atoms with van der Waals surface area (Å²) in [6.07, 6.45) is 1.65. The van der Waals surface area contributed by atoms with Gasteiger partial charge in [-0.15, -0.1) is 0 Å². The number of aromatic nitrogens is 1. The van der Waals surface area contributed by atoms with Gasteiger partial charge in [0, 0.05) is 11.2 Å². The van der Waals surface area contributed by atoms with Crippen molar-refractivity contribution >= 4 is 23.3 Å². The molecule has 1 N–H and O–H groups in total. The summed E-state index contributed by atoms with van der Waals surface area (Å²) < 4.78 is 5.49. The number of carbonyl (C=O) groups excluding carboxylic acids is 1. The number of nitrogens with zero attached hydrogens (tertiary/aromatic N) is 1. The fraction of sp³-hybridized carbons (Fsp3) is 0.250. The first-order valence-corrected chi connectivity index (χ1v) is 6.95. The Hall–Kier alpha value is -2.07. The summed E-state index contributed by atoms with van der Waals surface area (Å²) >= 11 is 6.09. The number of hydrogen-bond donors (Lipinski definition) is 1. The third kappa shape index (κ3) is 4.20. The van der Waals surface area contributed by atoms with Gasteiger partial charge in [0.25, 0.3) is 5.91 Å². The number of anilines is 1. The van der Waals surface area contributed by atoms with Gasteiger partial charge in [0.05, 0.1) is 0 Å². The van der Waals surface area contributed by atoms with Crippen LogP contribution in [0.15, 0.2) is 30.5 Å². The molecule has 21 heavy (non-hydrogen) atoms. The van der Waals surface area contributed by atoms with Crippen molar-refractivity contribution in [2.24, 2.45) is 0 Å². The summed E-state index contributed by atoms with van der Waals surface area (Å²) in [6.45, 7) is 5.67. The van der Waals surface area contributed by atoms with Crippen molar-refractivity contribution in [3.8, 4) is 5.75 Å². The molecule has 0 radical (unpaired) electrons. The Morgan fingerprint density at radius 1 is 1.24 bits per heavy atom. The molecule has 4 nitrogen and oxygen atoms in total. The van der Waals surface area contributed by atoms with Crippen molar-refractivity contribution in [1.29, 1.82) is 0 Å². The molecule has 2 rings (SSSR count). The van der Waals surface area contributed by atoms with E-state index in [1.807, 2.05) is 39.0 Å². The van der Waals surface area contributed by atoms with Crippen LogP contribution >= 0.6 is 11.6 Å². The molecule has 1 aromatic heterocycles. The predicted octanol–water partition coefficient (Wildman–Crippen LogP) is 3.68. The van der Waals surface area contributed by atoms with Crippen molar-refractivity contribution in [2.45, 2.75) is 20.8 Å². The van der Waals surface area contributed by atoms with Crippen molar-refractivity contribution in [3.05, 3.63) is 52.2 Å². The second-order valence-electron chi connectivity index (χ2n) is 4.93. The number of amides is 1. The fourth-order valence-electron chi connectivity index (χ4n) is 1.92. The van der Waals surface area contributed by atoms with Gasteiger partial charge in [-0.25, -0.2) is 4.98 Å². The molecule has 0 spiro atoms. The molecule has 2 aromatic rings. The molecule has 0 aliphatic heterocycles. The Labute approximate surface area is 129 Å². The maximum atomic E-state index is 11.8. The van der Waals surface area contributed by atoms with E-state index in [2.05, 4.69) is 10.3 Å². The first-order valence-electron chi connectivity index (χ1n) is 6.58. The highest BCUT2D eigenvalue weighted by Crippen LogP contribution is 2.25. The van der Waals surface area contributed by atoms with Gasteiger partial charge < -0.3 is 10.1 Å². The smallest absolute Gasteiger partial charge is 0.263 e. The normalized spacial score (nSPS) is 10.3. The number of nitrogens with one attached hydrogen (secondary N) is 1. The Balaban J connectivity index is 1.95. The van der Waals surface area contributed by atoms with Crippen LogP contribution < -0.4 is 10.1 Å². The first kappa shape index (κ1) is 15.3. The number of rotatable bonds is 4. The average molecular weight is 305 g/mol. The predicted molar refractivity (Wildman–Crippen MR) is 84.0 cm³/mol. The lowest BCUT2D eigenvalue weighted by Crippen LogP contribution is -2.20. The summed E-state index contributed by atoms with van der Waals surface area (Å²) in [5.41, 5.74) is 2.88. The molecule has 0 unspecified atom stereocenters. The van der Waals surface area contributed by atoms with Crippen LogP contribution in [-0.2, 0) is 4.79 Å². The molecule has 1 amide bonds. The molecule has 0 fully saturated rings. The van der Waals surface area contributed by atoms with Crippen LogP contribution in [0.4, 0.5) is 5.82 Å². The highest BCUT2D eigenvalue weighted by atomic mass is 35.5. The van der Waals surface area contributed by atoms with E-state index in [9.17, 15) is 4.79 Å². The van der Waals surface area contributed by atoms with Crippen LogP contribution in [0.25, 0.3) is 0 Å². The molecule has 0 saturated carbocycles. The van der Waals surface area contributed by atoms with E-state index < -0.39 is 0 Å². The third-order valence-electron chi connectivity index (χ3n) is 2.96. The summed E-state index contributed by atoms with van der Waals surface area (Å²) in [6, 6.07) is 7.29. The van der Waals surface area contributed by atoms with Gasteiger partial charge in [-0.3, -0.25) is 4.79 Å². The number of hydrogen-bond acceptors (Lipinski definition) is 3.